The zero-order chi connectivity index (χ0) is 13.9. The van der Waals surface area contributed by atoms with Crippen LogP contribution in [0.4, 0.5) is 0 Å². The van der Waals surface area contributed by atoms with Gasteiger partial charge in [-0.1, -0.05) is 11.8 Å². The maximum absolute atomic E-state index is 12.2. The SMILES string of the molecule is Cc1cc(C(=O)NC2(C)CCC2)sc1C#CCCO. The van der Waals surface area contributed by atoms with Gasteiger partial charge in [0.05, 0.1) is 16.4 Å². The van der Waals surface area contributed by atoms with Crippen molar-refractivity contribution in [2.75, 3.05) is 6.61 Å². The molecule has 1 aromatic heterocycles. The van der Waals surface area contributed by atoms with Crippen LogP contribution in [-0.2, 0) is 0 Å². The second-order valence-electron chi connectivity index (χ2n) is 5.27. The lowest BCUT2D eigenvalue weighted by molar-refractivity contribution is 0.0854. The Morgan fingerprint density at radius 1 is 1.58 bits per heavy atom. The minimum absolute atomic E-state index is 0.00510. The first-order valence-corrected chi connectivity index (χ1v) is 7.38. The van der Waals surface area contributed by atoms with Gasteiger partial charge in [-0.25, -0.2) is 0 Å². The molecule has 0 unspecified atom stereocenters. The van der Waals surface area contributed by atoms with Gasteiger partial charge in [0, 0.05) is 12.0 Å². The Kier molecular flexibility index (Phi) is 4.28. The summed E-state index contributed by atoms with van der Waals surface area (Å²) in [6, 6.07) is 1.89. The van der Waals surface area contributed by atoms with E-state index >= 15 is 0 Å². The van der Waals surface area contributed by atoms with Gasteiger partial charge >= 0.3 is 0 Å². The van der Waals surface area contributed by atoms with E-state index in [2.05, 4.69) is 24.1 Å². The third kappa shape index (κ3) is 3.37. The standard InChI is InChI=1S/C15H19NO2S/c1-11-10-13(19-12(11)6-3-4-9-17)14(18)16-15(2)7-5-8-15/h10,17H,4-5,7-9H2,1-2H3,(H,16,18). The van der Waals surface area contributed by atoms with Gasteiger partial charge in [-0.2, -0.15) is 0 Å². The maximum Gasteiger partial charge on any atom is 0.261 e. The number of aryl methyl sites for hydroxylation is 1. The van der Waals surface area contributed by atoms with E-state index < -0.39 is 0 Å². The fraction of sp³-hybridized carbons (Fsp3) is 0.533. The molecule has 1 fully saturated rings. The van der Waals surface area contributed by atoms with Gasteiger partial charge in [-0.15, -0.1) is 11.3 Å². The van der Waals surface area contributed by atoms with Crippen LogP contribution in [0.2, 0.25) is 0 Å². The number of carbonyl (C=O) groups excluding carboxylic acids is 1. The molecular weight excluding hydrogens is 258 g/mol. The quantitative estimate of drug-likeness (QED) is 0.834. The monoisotopic (exact) mass is 277 g/mol. The molecule has 1 aromatic rings. The summed E-state index contributed by atoms with van der Waals surface area (Å²) in [6.07, 6.45) is 3.79. The van der Waals surface area contributed by atoms with Gasteiger partial charge in [0.1, 0.15) is 0 Å². The molecule has 2 rings (SSSR count). The molecule has 3 nitrogen and oxygen atoms in total. The van der Waals surface area contributed by atoms with Crippen LogP contribution in [-0.4, -0.2) is 23.2 Å². The van der Waals surface area contributed by atoms with Crippen molar-refractivity contribution in [3.63, 3.8) is 0 Å². The predicted molar refractivity (Wildman–Crippen MR) is 77.4 cm³/mol. The van der Waals surface area contributed by atoms with Gasteiger partial charge in [0.25, 0.3) is 5.91 Å². The maximum atomic E-state index is 12.2. The molecule has 0 bridgehead atoms. The number of thiophene rings is 1. The van der Waals surface area contributed by atoms with E-state index in [0.717, 1.165) is 28.2 Å². The van der Waals surface area contributed by atoms with Crippen molar-refractivity contribution < 1.29 is 9.90 Å². The first-order valence-electron chi connectivity index (χ1n) is 6.57. The first kappa shape index (κ1) is 14.1. The lowest BCUT2D eigenvalue weighted by atomic mass is 9.78. The summed E-state index contributed by atoms with van der Waals surface area (Å²) in [5.74, 6) is 5.91. The third-order valence-electron chi connectivity index (χ3n) is 3.45. The Bertz CT molecular complexity index is 532. The highest BCUT2D eigenvalue weighted by molar-refractivity contribution is 7.14. The van der Waals surface area contributed by atoms with Crippen LogP contribution >= 0.6 is 11.3 Å². The predicted octanol–water partition coefficient (Wildman–Crippen LogP) is 2.46. The van der Waals surface area contributed by atoms with Crippen molar-refractivity contribution in [3.8, 4) is 11.8 Å². The topological polar surface area (TPSA) is 49.3 Å². The van der Waals surface area contributed by atoms with Crippen molar-refractivity contribution in [1.82, 2.24) is 5.32 Å². The number of rotatable bonds is 3. The van der Waals surface area contributed by atoms with Gasteiger partial charge in [0.2, 0.25) is 0 Å². The minimum Gasteiger partial charge on any atom is -0.395 e. The van der Waals surface area contributed by atoms with Crippen LogP contribution in [0.3, 0.4) is 0 Å². The molecule has 0 spiro atoms. The second kappa shape index (κ2) is 5.77. The first-order chi connectivity index (χ1) is 9.04. The molecule has 2 N–H and O–H groups in total. The largest absolute Gasteiger partial charge is 0.395 e. The molecule has 0 atom stereocenters. The Labute approximate surface area is 118 Å². The highest BCUT2D eigenvalue weighted by atomic mass is 32.1. The van der Waals surface area contributed by atoms with Crippen LogP contribution in [0.15, 0.2) is 6.07 Å². The summed E-state index contributed by atoms with van der Waals surface area (Å²) in [4.78, 5) is 13.8. The lowest BCUT2D eigenvalue weighted by Gasteiger charge is -2.38. The third-order valence-corrected chi connectivity index (χ3v) is 4.60. The summed E-state index contributed by atoms with van der Waals surface area (Å²) >= 11 is 1.43. The Hall–Kier alpha value is -1.31. The van der Waals surface area contributed by atoms with Crippen molar-refractivity contribution in [3.05, 3.63) is 21.4 Å². The van der Waals surface area contributed by atoms with E-state index in [1.54, 1.807) is 0 Å². The number of carbonyl (C=O) groups is 1. The molecule has 1 saturated carbocycles. The van der Waals surface area contributed by atoms with Crippen molar-refractivity contribution in [2.24, 2.45) is 0 Å². The summed E-state index contributed by atoms with van der Waals surface area (Å²) in [5.41, 5.74) is 1.01. The number of amides is 1. The lowest BCUT2D eigenvalue weighted by Crippen LogP contribution is -2.50. The molecule has 0 saturated heterocycles. The molecule has 1 aliphatic carbocycles. The van der Waals surface area contributed by atoms with Gasteiger partial charge in [0.15, 0.2) is 0 Å². The van der Waals surface area contributed by atoms with Gasteiger partial charge in [-0.3, -0.25) is 4.79 Å². The molecule has 102 valence electrons. The van der Waals surface area contributed by atoms with Gasteiger partial charge in [-0.05, 0) is 44.7 Å². The normalized spacial score (nSPS) is 16.2. The van der Waals surface area contributed by atoms with E-state index in [9.17, 15) is 4.79 Å². The molecular formula is C15H19NO2S. The van der Waals surface area contributed by atoms with Crippen LogP contribution in [0.25, 0.3) is 0 Å². The van der Waals surface area contributed by atoms with Crippen molar-refractivity contribution in [2.45, 2.75) is 45.1 Å². The average Bonchev–Trinajstić information content (AvgIpc) is 2.69. The van der Waals surface area contributed by atoms with Crippen molar-refractivity contribution in [1.29, 1.82) is 0 Å². The molecule has 1 heterocycles. The van der Waals surface area contributed by atoms with Crippen LogP contribution in [0.1, 0.15) is 52.7 Å². The molecule has 0 aliphatic heterocycles. The molecule has 0 radical (unpaired) electrons. The zero-order valence-corrected chi connectivity index (χ0v) is 12.2. The second-order valence-corrected chi connectivity index (χ2v) is 6.32. The Morgan fingerprint density at radius 3 is 2.89 bits per heavy atom. The highest BCUT2D eigenvalue weighted by Crippen LogP contribution is 2.32. The summed E-state index contributed by atoms with van der Waals surface area (Å²) in [7, 11) is 0. The minimum atomic E-state index is -0.0162. The molecule has 1 aliphatic rings. The molecule has 0 aromatic carbocycles. The fourth-order valence-corrected chi connectivity index (χ4v) is 3.03. The summed E-state index contributed by atoms with van der Waals surface area (Å²) in [5, 5.41) is 11.8. The van der Waals surface area contributed by atoms with Gasteiger partial charge < -0.3 is 10.4 Å². The Balaban J connectivity index is 2.07. The van der Waals surface area contributed by atoms with Crippen molar-refractivity contribution >= 4 is 17.2 Å². The van der Waals surface area contributed by atoms with Crippen LogP contribution < -0.4 is 5.32 Å². The smallest absolute Gasteiger partial charge is 0.261 e. The van der Waals surface area contributed by atoms with E-state index in [1.807, 2.05) is 13.0 Å². The summed E-state index contributed by atoms with van der Waals surface area (Å²) in [6.45, 7) is 4.13. The average molecular weight is 277 g/mol. The number of hydrogen-bond acceptors (Lipinski definition) is 3. The zero-order valence-electron chi connectivity index (χ0n) is 11.4. The molecule has 4 heteroatoms. The van der Waals surface area contributed by atoms with E-state index in [1.165, 1.54) is 17.8 Å². The Morgan fingerprint density at radius 2 is 2.32 bits per heavy atom. The van der Waals surface area contributed by atoms with Crippen LogP contribution in [0, 0.1) is 18.8 Å². The van der Waals surface area contributed by atoms with Crippen LogP contribution in [0.5, 0.6) is 0 Å². The number of aliphatic hydroxyl groups is 1. The number of hydrogen-bond donors (Lipinski definition) is 2. The highest BCUT2D eigenvalue weighted by Gasteiger charge is 2.33. The summed E-state index contributed by atoms with van der Waals surface area (Å²) < 4.78 is 0. The molecule has 1 amide bonds. The van der Waals surface area contributed by atoms with E-state index in [4.69, 9.17) is 5.11 Å². The number of aliphatic hydroxyl groups excluding tert-OH is 1. The number of nitrogens with one attached hydrogen (secondary N) is 1. The fourth-order valence-electron chi connectivity index (χ4n) is 2.08. The van der Waals surface area contributed by atoms with E-state index in [0.29, 0.717) is 6.42 Å². The van der Waals surface area contributed by atoms with E-state index in [-0.39, 0.29) is 18.1 Å². The molecule has 19 heavy (non-hydrogen) atoms.